The number of carbonyl (C=O) groups is 3. The third-order valence-corrected chi connectivity index (χ3v) is 8.42. The van der Waals surface area contributed by atoms with Crippen LogP contribution >= 0.6 is 0 Å². The molecule has 1 saturated carbocycles. The second-order valence-electron chi connectivity index (χ2n) is 13.4. The van der Waals surface area contributed by atoms with Crippen LogP contribution in [0.5, 0.6) is 0 Å². The Kier molecular flexibility index (Phi) is 14.9. The number of amides is 3. The van der Waals surface area contributed by atoms with Crippen LogP contribution < -0.4 is 10.6 Å². The minimum atomic E-state index is -0.805. The zero-order valence-electron chi connectivity index (χ0n) is 27.8. The predicted molar refractivity (Wildman–Crippen MR) is 171 cm³/mol. The number of aryl methyl sites for hydroxylation is 2. The fraction of sp³-hybridized carbons (Fsp3) is 0.743. The first-order valence-corrected chi connectivity index (χ1v) is 16.5. The lowest BCUT2D eigenvalue weighted by molar-refractivity contribution is -0.144. The molecule has 0 saturated heterocycles. The van der Waals surface area contributed by atoms with Gasteiger partial charge in [0.25, 0.3) is 0 Å². The largest absolute Gasteiger partial charge is 0.444 e. The van der Waals surface area contributed by atoms with E-state index in [1.807, 2.05) is 60.6 Å². The maximum absolute atomic E-state index is 14.6. The number of carbonyl (C=O) groups excluding carboxylic acids is 3. The lowest BCUT2D eigenvalue weighted by Crippen LogP contribution is -2.56. The Balaban J connectivity index is 2.50. The van der Waals surface area contributed by atoms with Crippen LogP contribution in [0.4, 0.5) is 4.79 Å². The maximum atomic E-state index is 14.6. The third kappa shape index (κ3) is 11.6. The van der Waals surface area contributed by atoms with E-state index in [1.54, 1.807) is 4.90 Å². The summed E-state index contributed by atoms with van der Waals surface area (Å²) in [6, 6.07) is 4.63. The highest BCUT2D eigenvalue weighted by molar-refractivity contribution is 5.92. The number of unbranched alkanes of at least 4 members (excludes halogenated alkanes) is 5. The van der Waals surface area contributed by atoms with Crippen molar-refractivity contribution in [2.24, 2.45) is 5.92 Å². The summed E-state index contributed by atoms with van der Waals surface area (Å²) in [5.74, 6) is -0.501. The fourth-order valence-electron chi connectivity index (χ4n) is 5.84. The quantitative estimate of drug-likeness (QED) is 0.205. The molecule has 2 rings (SSSR count). The molecule has 42 heavy (non-hydrogen) atoms. The van der Waals surface area contributed by atoms with Crippen molar-refractivity contribution in [3.8, 4) is 0 Å². The molecule has 238 valence electrons. The van der Waals surface area contributed by atoms with E-state index >= 15 is 0 Å². The fourth-order valence-corrected chi connectivity index (χ4v) is 5.84. The molecule has 1 aliphatic carbocycles. The summed E-state index contributed by atoms with van der Waals surface area (Å²) in [5, 5.41) is 6.21. The van der Waals surface area contributed by atoms with Gasteiger partial charge in [-0.05, 0) is 70.9 Å². The molecule has 3 unspecified atom stereocenters. The van der Waals surface area contributed by atoms with Gasteiger partial charge in [-0.25, -0.2) is 4.79 Å². The van der Waals surface area contributed by atoms with Gasteiger partial charge in [-0.2, -0.15) is 0 Å². The third-order valence-electron chi connectivity index (χ3n) is 8.42. The van der Waals surface area contributed by atoms with Crippen LogP contribution in [0.15, 0.2) is 18.2 Å². The van der Waals surface area contributed by atoms with Crippen LogP contribution in [0.2, 0.25) is 0 Å². The highest BCUT2D eigenvalue weighted by Crippen LogP contribution is 2.29. The molecular formula is C35H59N3O4. The summed E-state index contributed by atoms with van der Waals surface area (Å²) in [5.41, 5.74) is 2.25. The van der Waals surface area contributed by atoms with Gasteiger partial charge in [-0.1, -0.05) is 102 Å². The van der Waals surface area contributed by atoms with Gasteiger partial charge in [0.15, 0.2) is 0 Å². The highest BCUT2D eigenvalue weighted by atomic mass is 16.6. The number of hydrogen-bond donors (Lipinski definition) is 2. The van der Waals surface area contributed by atoms with Crippen molar-refractivity contribution < 1.29 is 19.1 Å². The smallest absolute Gasteiger partial charge is 0.408 e. The van der Waals surface area contributed by atoms with E-state index in [0.717, 1.165) is 61.6 Å². The molecular weight excluding hydrogens is 526 g/mol. The van der Waals surface area contributed by atoms with Crippen LogP contribution in [0.1, 0.15) is 141 Å². The molecule has 0 aliphatic heterocycles. The van der Waals surface area contributed by atoms with Crippen LogP contribution in [0.25, 0.3) is 0 Å². The zero-order valence-corrected chi connectivity index (χ0v) is 27.8. The summed E-state index contributed by atoms with van der Waals surface area (Å²) >= 11 is 0. The van der Waals surface area contributed by atoms with Gasteiger partial charge in [-0.15, -0.1) is 0 Å². The average molecular weight is 586 g/mol. The van der Waals surface area contributed by atoms with Gasteiger partial charge < -0.3 is 20.3 Å². The number of alkyl carbamates (subject to hydrolysis) is 1. The first-order valence-electron chi connectivity index (χ1n) is 16.5. The number of hydrogen-bond acceptors (Lipinski definition) is 4. The number of nitrogens with zero attached hydrogens (tertiary/aromatic N) is 1. The molecule has 7 nitrogen and oxygen atoms in total. The van der Waals surface area contributed by atoms with E-state index in [2.05, 4.69) is 23.6 Å². The van der Waals surface area contributed by atoms with Crippen LogP contribution in [0, 0.1) is 19.8 Å². The molecule has 1 fully saturated rings. The van der Waals surface area contributed by atoms with Gasteiger partial charge in [-0.3, -0.25) is 9.59 Å². The monoisotopic (exact) mass is 585 g/mol. The van der Waals surface area contributed by atoms with Crippen molar-refractivity contribution in [2.75, 3.05) is 6.54 Å². The summed E-state index contributed by atoms with van der Waals surface area (Å²) < 4.78 is 5.55. The van der Waals surface area contributed by atoms with Crippen LogP contribution in [-0.4, -0.2) is 47.0 Å². The molecule has 0 radical (unpaired) electrons. The molecule has 7 heteroatoms. The molecule has 1 aliphatic rings. The number of nitrogens with one attached hydrogen (secondary N) is 2. The lowest BCUT2D eigenvalue weighted by atomic mass is 9.92. The Hall–Kier alpha value is -2.57. The van der Waals surface area contributed by atoms with Gasteiger partial charge in [0.05, 0.1) is 0 Å². The van der Waals surface area contributed by atoms with Crippen LogP contribution in [-0.2, 0) is 14.3 Å². The molecule has 3 atom stereocenters. The number of ether oxygens (including phenoxy) is 1. The first-order chi connectivity index (χ1) is 19.9. The summed E-state index contributed by atoms with van der Waals surface area (Å²) in [6.07, 6.45) is 11.9. The van der Waals surface area contributed by atoms with Crippen molar-refractivity contribution in [2.45, 2.75) is 156 Å². The molecule has 2 N–H and O–H groups in total. The predicted octanol–water partition coefficient (Wildman–Crippen LogP) is 7.92. The van der Waals surface area contributed by atoms with Crippen molar-refractivity contribution in [1.82, 2.24) is 15.5 Å². The summed E-state index contributed by atoms with van der Waals surface area (Å²) in [4.78, 5) is 43.5. The standard InChI is InChI=1S/C35H59N3O4/c1-9-11-12-13-14-18-23-38(33(40)30(26(4)10-2)37-34(41)42-35(6,7)8)31(29-22-21-25(3)24-27(29)5)32(39)36-28-19-16-15-17-20-28/h21-22,24,26,28,30-31H,9-20,23H2,1-8H3,(H,36,39)(H,37,41). The average Bonchev–Trinajstić information content (AvgIpc) is 2.92. The van der Waals surface area contributed by atoms with Gasteiger partial charge >= 0.3 is 6.09 Å². The second kappa shape index (κ2) is 17.5. The molecule has 0 bridgehead atoms. The van der Waals surface area contributed by atoms with Crippen molar-refractivity contribution in [1.29, 1.82) is 0 Å². The van der Waals surface area contributed by atoms with E-state index in [1.165, 1.54) is 25.7 Å². The topological polar surface area (TPSA) is 87.7 Å². The second-order valence-corrected chi connectivity index (χ2v) is 13.4. The Morgan fingerprint density at radius 3 is 2.21 bits per heavy atom. The van der Waals surface area contributed by atoms with Gasteiger partial charge in [0.2, 0.25) is 11.8 Å². The number of rotatable bonds is 15. The zero-order chi connectivity index (χ0) is 31.3. The molecule has 3 amide bonds. The molecule has 0 heterocycles. The molecule has 1 aromatic rings. The molecule has 0 spiro atoms. The van der Waals surface area contributed by atoms with E-state index in [9.17, 15) is 14.4 Å². The van der Waals surface area contributed by atoms with E-state index in [-0.39, 0.29) is 23.8 Å². The normalized spacial score (nSPS) is 16.3. The van der Waals surface area contributed by atoms with Crippen molar-refractivity contribution in [3.63, 3.8) is 0 Å². The van der Waals surface area contributed by atoms with Crippen LogP contribution in [0.3, 0.4) is 0 Å². The SMILES string of the molecule is CCCCCCCCN(C(=O)C(NC(=O)OC(C)(C)C)C(C)CC)C(C(=O)NC1CCCCC1)c1ccc(C)cc1C. The van der Waals surface area contributed by atoms with Crippen molar-refractivity contribution >= 4 is 17.9 Å². The van der Waals surface area contributed by atoms with Gasteiger partial charge in [0.1, 0.15) is 17.7 Å². The Labute approximate surface area is 255 Å². The summed E-state index contributed by atoms with van der Waals surface area (Å²) in [6.45, 7) is 16.1. The minimum absolute atomic E-state index is 0.121. The van der Waals surface area contributed by atoms with E-state index in [4.69, 9.17) is 4.74 Å². The maximum Gasteiger partial charge on any atom is 0.408 e. The molecule has 1 aromatic carbocycles. The highest BCUT2D eigenvalue weighted by Gasteiger charge is 2.39. The molecule has 0 aromatic heterocycles. The minimum Gasteiger partial charge on any atom is -0.444 e. The number of benzene rings is 1. The lowest BCUT2D eigenvalue weighted by Gasteiger charge is -2.37. The Morgan fingerprint density at radius 2 is 1.62 bits per heavy atom. The van der Waals surface area contributed by atoms with Gasteiger partial charge in [0, 0.05) is 12.6 Å². The van der Waals surface area contributed by atoms with E-state index < -0.39 is 23.8 Å². The Morgan fingerprint density at radius 1 is 0.976 bits per heavy atom. The van der Waals surface area contributed by atoms with E-state index in [0.29, 0.717) is 13.0 Å². The first kappa shape index (κ1) is 35.6. The Bertz CT molecular complexity index is 996. The van der Waals surface area contributed by atoms with Crippen molar-refractivity contribution in [3.05, 3.63) is 34.9 Å². The summed E-state index contributed by atoms with van der Waals surface area (Å²) in [7, 11) is 0.